The van der Waals surface area contributed by atoms with Gasteiger partial charge in [-0.3, -0.25) is 0 Å². The molecule has 1 aromatic rings. The molecular formula is C17H28B2N4O3. The van der Waals surface area contributed by atoms with Gasteiger partial charge < -0.3 is 19.8 Å². The second kappa shape index (κ2) is 8.42. The molecule has 7 nitrogen and oxygen atoms in total. The Morgan fingerprint density at radius 2 is 1.96 bits per heavy atom. The summed E-state index contributed by atoms with van der Waals surface area (Å²) < 4.78 is 7.79. The molecule has 0 saturated carbocycles. The molecule has 2 saturated heterocycles. The van der Waals surface area contributed by atoms with E-state index in [4.69, 9.17) is 20.4 Å². The summed E-state index contributed by atoms with van der Waals surface area (Å²) in [6.45, 7) is 6.50. The Hall–Kier alpha value is -0.890. The molecule has 0 aliphatic carbocycles. The molecule has 2 N–H and O–H groups in total. The van der Waals surface area contributed by atoms with Crippen molar-refractivity contribution in [3.63, 3.8) is 0 Å². The fourth-order valence-corrected chi connectivity index (χ4v) is 3.92. The number of piperidine rings is 1. The molecule has 0 bridgehead atoms. The fourth-order valence-electron chi connectivity index (χ4n) is 3.92. The Kier molecular flexibility index (Phi) is 6.43. The predicted octanol–water partition coefficient (Wildman–Crippen LogP) is 0.348. The molecular weight excluding hydrogens is 330 g/mol. The minimum Gasteiger partial charge on any atom is -0.390 e. The van der Waals surface area contributed by atoms with Crippen molar-refractivity contribution >= 4 is 15.7 Å². The Bertz CT molecular complexity index is 578. The van der Waals surface area contributed by atoms with Crippen LogP contribution in [-0.4, -0.2) is 83.2 Å². The molecule has 9 heteroatoms. The number of rotatable bonds is 5. The Labute approximate surface area is 157 Å². The molecule has 4 radical (unpaired) electrons. The first-order valence-electron chi connectivity index (χ1n) is 9.53. The predicted molar refractivity (Wildman–Crippen MR) is 99.1 cm³/mol. The Balaban J connectivity index is 1.66. The van der Waals surface area contributed by atoms with Crippen molar-refractivity contribution in [3.8, 4) is 0 Å². The van der Waals surface area contributed by atoms with Gasteiger partial charge in [-0.2, -0.15) is 0 Å². The average molecular weight is 358 g/mol. The number of aliphatic hydroxyl groups excluding tert-OH is 2. The second-order valence-electron chi connectivity index (χ2n) is 7.86. The highest BCUT2D eigenvalue weighted by atomic mass is 16.5. The number of hydrogen-bond donors (Lipinski definition) is 2. The molecule has 4 atom stereocenters. The van der Waals surface area contributed by atoms with Gasteiger partial charge in [0.25, 0.3) is 0 Å². The van der Waals surface area contributed by atoms with Crippen molar-refractivity contribution < 1.29 is 14.9 Å². The zero-order valence-electron chi connectivity index (χ0n) is 15.6. The van der Waals surface area contributed by atoms with Crippen LogP contribution in [0.15, 0.2) is 6.20 Å². The van der Waals surface area contributed by atoms with E-state index >= 15 is 0 Å². The van der Waals surface area contributed by atoms with E-state index in [1.807, 2.05) is 10.9 Å². The third-order valence-corrected chi connectivity index (χ3v) is 5.51. The van der Waals surface area contributed by atoms with Crippen LogP contribution in [0.25, 0.3) is 0 Å². The molecule has 140 valence electrons. The monoisotopic (exact) mass is 358 g/mol. The van der Waals surface area contributed by atoms with Crippen LogP contribution in [0.4, 0.5) is 0 Å². The van der Waals surface area contributed by atoms with Crippen molar-refractivity contribution in [2.75, 3.05) is 13.1 Å². The lowest BCUT2D eigenvalue weighted by molar-refractivity contribution is -0.173. The first-order chi connectivity index (χ1) is 12.3. The van der Waals surface area contributed by atoms with Crippen LogP contribution in [0, 0.1) is 0 Å². The summed E-state index contributed by atoms with van der Waals surface area (Å²) >= 11 is 0. The van der Waals surface area contributed by atoms with Gasteiger partial charge in [-0.1, -0.05) is 5.21 Å². The van der Waals surface area contributed by atoms with E-state index in [0.717, 1.165) is 25.9 Å². The molecule has 0 amide bonds. The van der Waals surface area contributed by atoms with Crippen LogP contribution < -0.4 is 0 Å². The Morgan fingerprint density at radius 1 is 1.27 bits per heavy atom. The summed E-state index contributed by atoms with van der Waals surface area (Å²) in [6, 6.07) is 0.852. The van der Waals surface area contributed by atoms with Crippen molar-refractivity contribution in [1.82, 2.24) is 19.9 Å². The van der Waals surface area contributed by atoms with Crippen LogP contribution in [0.1, 0.15) is 57.4 Å². The SMILES string of the molecule is [B]C([B])CC1CC(O)C(O)C(c2cn(C3CCN(C(C)C)CC3)nn2)O1. The van der Waals surface area contributed by atoms with Gasteiger partial charge in [-0.25, -0.2) is 4.68 Å². The maximum absolute atomic E-state index is 10.3. The molecule has 26 heavy (non-hydrogen) atoms. The maximum Gasteiger partial charge on any atom is 0.132 e. The minimum absolute atomic E-state index is 0.296. The summed E-state index contributed by atoms with van der Waals surface area (Å²) in [5, 5.41) is 29.0. The number of likely N-dealkylation sites (tertiary alicyclic amines) is 1. The number of ether oxygens (including phenoxy) is 1. The lowest BCUT2D eigenvalue weighted by Gasteiger charge is -2.37. The summed E-state index contributed by atoms with van der Waals surface area (Å²) in [6.07, 6.45) is 1.65. The largest absolute Gasteiger partial charge is 0.390 e. The molecule has 0 spiro atoms. The third kappa shape index (κ3) is 4.50. The fraction of sp³-hybridized carbons (Fsp3) is 0.882. The minimum atomic E-state index is -1.03. The van der Waals surface area contributed by atoms with Crippen molar-refractivity contribution in [1.29, 1.82) is 0 Å². The van der Waals surface area contributed by atoms with Crippen LogP contribution in [0.2, 0.25) is 5.72 Å². The summed E-state index contributed by atoms with van der Waals surface area (Å²) in [5.74, 6) is 0. The summed E-state index contributed by atoms with van der Waals surface area (Å²) in [7, 11) is 11.3. The molecule has 3 heterocycles. The first-order valence-corrected chi connectivity index (χ1v) is 9.53. The van der Waals surface area contributed by atoms with E-state index in [1.165, 1.54) is 0 Å². The first kappa shape index (κ1) is 19.9. The molecule has 3 rings (SSSR count). The van der Waals surface area contributed by atoms with E-state index in [1.54, 1.807) is 0 Å². The van der Waals surface area contributed by atoms with Gasteiger partial charge >= 0.3 is 0 Å². The quantitative estimate of drug-likeness (QED) is 0.740. The van der Waals surface area contributed by atoms with Crippen molar-refractivity contribution in [3.05, 3.63) is 11.9 Å². The molecule has 2 fully saturated rings. The molecule has 2 aliphatic heterocycles. The lowest BCUT2D eigenvalue weighted by atomic mass is 9.67. The molecule has 4 unspecified atom stereocenters. The van der Waals surface area contributed by atoms with Gasteiger partial charge in [-0.15, -0.1) is 10.8 Å². The van der Waals surface area contributed by atoms with E-state index in [-0.39, 0.29) is 6.10 Å². The van der Waals surface area contributed by atoms with E-state index < -0.39 is 24.0 Å². The standard InChI is InChI=1S/C17H28B2N4O3/c1-10(2)22-5-3-11(4-6-22)23-9-13(20-21-23)17-16(25)14(24)7-12(26-17)8-15(18)19/h9-12,14-17,24-25H,3-8H2,1-2H3. The van der Waals surface area contributed by atoms with E-state index in [2.05, 4.69) is 29.1 Å². The van der Waals surface area contributed by atoms with Gasteiger partial charge in [0.15, 0.2) is 0 Å². The molecule has 2 aliphatic rings. The van der Waals surface area contributed by atoms with Gasteiger partial charge in [-0.05, 0) is 33.1 Å². The Morgan fingerprint density at radius 3 is 2.58 bits per heavy atom. The number of nitrogens with zero attached hydrogens (tertiary/aromatic N) is 4. The van der Waals surface area contributed by atoms with Crippen molar-refractivity contribution in [2.45, 2.75) is 81.7 Å². The van der Waals surface area contributed by atoms with Gasteiger partial charge in [0, 0.05) is 25.6 Å². The van der Waals surface area contributed by atoms with Crippen LogP contribution in [0.5, 0.6) is 0 Å². The van der Waals surface area contributed by atoms with Crippen LogP contribution >= 0.6 is 0 Å². The van der Waals surface area contributed by atoms with Gasteiger partial charge in [0.05, 0.1) is 40.1 Å². The molecule has 0 aromatic carbocycles. The van der Waals surface area contributed by atoms with Gasteiger partial charge in [0.1, 0.15) is 17.9 Å². The van der Waals surface area contributed by atoms with Crippen molar-refractivity contribution in [2.24, 2.45) is 0 Å². The highest BCUT2D eigenvalue weighted by molar-refractivity contribution is 6.35. The van der Waals surface area contributed by atoms with Crippen LogP contribution in [-0.2, 0) is 4.74 Å². The highest BCUT2D eigenvalue weighted by Gasteiger charge is 2.39. The van der Waals surface area contributed by atoms with Gasteiger partial charge in [0.2, 0.25) is 0 Å². The summed E-state index contributed by atoms with van der Waals surface area (Å²) in [4.78, 5) is 2.46. The van der Waals surface area contributed by atoms with Crippen LogP contribution in [0.3, 0.4) is 0 Å². The highest BCUT2D eigenvalue weighted by Crippen LogP contribution is 2.34. The third-order valence-electron chi connectivity index (χ3n) is 5.51. The number of aliphatic hydroxyl groups is 2. The number of aromatic nitrogens is 3. The smallest absolute Gasteiger partial charge is 0.132 e. The second-order valence-corrected chi connectivity index (χ2v) is 7.86. The molecule has 1 aromatic heterocycles. The normalized spacial score (nSPS) is 31.8. The van der Waals surface area contributed by atoms with E-state index in [9.17, 15) is 10.2 Å². The zero-order chi connectivity index (χ0) is 18.8. The number of hydrogen-bond acceptors (Lipinski definition) is 6. The zero-order valence-corrected chi connectivity index (χ0v) is 15.6. The topological polar surface area (TPSA) is 83.6 Å². The summed E-state index contributed by atoms with van der Waals surface area (Å²) in [5.41, 5.74) is 0.0167. The lowest BCUT2D eigenvalue weighted by Crippen LogP contribution is -2.44. The average Bonchev–Trinajstić information content (AvgIpc) is 3.07. The maximum atomic E-state index is 10.3. The van der Waals surface area contributed by atoms with E-state index in [0.29, 0.717) is 30.6 Å².